The molecule has 14 heteroatoms. The molecule has 0 aliphatic carbocycles. The number of rotatable bonds is 10. The summed E-state index contributed by atoms with van der Waals surface area (Å²) in [4.78, 5) is 54.8. The summed E-state index contributed by atoms with van der Waals surface area (Å²) in [5.74, 6) is 0.778. The molecule has 0 saturated heterocycles. The second kappa shape index (κ2) is 15.0. The Labute approximate surface area is 262 Å². The van der Waals surface area contributed by atoms with E-state index in [-0.39, 0.29) is 17.8 Å². The number of hydroxylamine groups is 2. The van der Waals surface area contributed by atoms with E-state index in [1.807, 2.05) is 57.9 Å². The molecule has 13 nitrogen and oxygen atoms in total. The fourth-order valence-corrected chi connectivity index (χ4v) is 4.53. The molecule has 4 heterocycles. The van der Waals surface area contributed by atoms with E-state index in [0.717, 1.165) is 29.3 Å². The average Bonchev–Trinajstić information content (AvgIpc) is 3.86. The monoisotopic (exact) mass is 623 g/mol. The number of nitrogens with zero attached hydrogens (tertiary/aromatic N) is 9. The van der Waals surface area contributed by atoms with E-state index in [1.54, 1.807) is 67.2 Å². The van der Waals surface area contributed by atoms with E-state index < -0.39 is 0 Å². The average molecular weight is 624 g/mol. The van der Waals surface area contributed by atoms with Crippen LogP contribution in [0.2, 0.25) is 0 Å². The van der Waals surface area contributed by atoms with Gasteiger partial charge in [0.2, 0.25) is 5.13 Å². The fraction of sp³-hybridized carbons (Fsp3) is 0.129. The number of amides is 2. The largest absolute Gasteiger partial charge is 0.370 e. The highest BCUT2D eigenvalue weighted by Crippen LogP contribution is 2.22. The number of hydrogen-bond acceptors (Lipinski definition) is 10. The third kappa shape index (κ3) is 8.81. The van der Waals surface area contributed by atoms with Crippen molar-refractivity contribution in [2.75, 3.05) is 10.1 Å². The van der Waals surface area contributed by atoms with Gasteiger partial charge in [0.1, 0.15) is 0 Å². The van der Waals surface area contributed by atoms with Crippen LogP contribution < -0.4 is 19.8 Å². The Kier molecular flexibility index (Phi) is 10.2. The number of anilines is 2. The van der Waals surface area contributed by atoms with E-state index in [0.29, 0.717) is 16.6 Å². The van der Waals surface area contributed by atoms with Crippen molar-refractivity contribution in [3.05, 3.63) is 127 Å². The summed E-state index contributed by atoms with van der Waals surface area (Å²) >= 11 is 1.34. The summed E-state index contributed by atoms with van der Waals surface area (Å²) in [6.07, 6.45) is 15.6. The predicted octanol–water partition coefficient (Wildman–Crippen LogP) is 4.80. The SMILES string of the molecule is CC(=O)N(Oc1ccc(Cn2ccnc2)cc1)c1ncccn1.CC(=O)N(Oc1ccc(Cn2ccnc2)cc1)c1nccs1. The molecule has 0 saturated carbocycles. The van der Waals surface area contributed by atoms with Gasteiger partial charge in [-0.15, -0.1) is 21.5 Å². The zero-order valence-corrected chi connectivity index (χ0v) is 25.3. The molecule has 6 aromatic rings. The standard InChI is InChI=1S/C16H15N5O2.C15H14N4O2S/c1-13(22)21(16-18-7-2-8-19-16)23-15-5-3-14(4-6-15)11-20-10-9-17-12-20;1-12(20)19(15-17-7-9-22-15)21-14-4-2-13(3-5-14)10-18-8-6-16-11-18/h2-10,12H,11H2,1H3;2-9,11H,10H2,1H3. The minimum Gasteiger partial charge on any atom is -0.370 e. The van der Waals surface area contributed by atoms with Crippen molar-refractivity contribution in [1.29, 1.82) is 0 Å². The third-order valence-electron chi connectivity index (χ3n) is 5.99. The van der Waals surface area contributed by atoms with Gasteiger partial charge in [0, 0.05) is 75.7 Å². The molecule has 0 bridgehead atoms. The zero-order valence-electron chi connectivity index (χ0n) is 24.5. The van der Waals surface area contributed by atoms with Crippen molar-refractivity contribution in [3.63, 3.8) is 0 Å². The Hall–Kier alpha value is -5.89. The number of hydrogen-bond donors (Lipinski definition) is 0. The fourth-order valence-electron chi connectivity index (χ4n) is 3.90. The lowest BCUT2D eigenvalue weighted by atomic mass is 10.2. The first-order valence-electron chi connectivity index (χ1n) is 13.7. The van der Waals surface area contributed by atoms with Crippen molar-refractivity contribution in [2.24, 2.45) is 0 Å². The molecule has 6 rings (SSSR count). The van der Waals surface area contributed by atoms with E-state index in [1.165, 1.54) is 30.2 Å². The molecule has 2 amide bonds. The normalized spacial score (nSPS) is 10.4. The van der Waals surface area contributed by atoms with Crippen LogP contribution in [-0.2, 0) is 22.7 Å². The highest BCUT2D eigenvalue weighted by Gasteiger charge is 2.17. The van der Waals surface area contributed by atoms with Crippen molar-refractivity contribution in [3.8, 4) is 11.5 Å². The number of thiazole rings is 1. The minimum absolute atomic E-state index is 0.197. The molecule has 228 valence electrons. The molecule has 0 fully saturated rings. The second-order valence-corrected chi connectivity index (χ2v) is 10.3. The molecule has 0 unspecified atom stereocenters. The van der Waals surface area contributed by atoms with Gasteiger partial charge in [-0.25, -0.2) is 24.9 Å². The van der Waals surface area contributed by atoms with E-state index >= 15 is 0 Å². The van der Waals surface area contributed by atoms with Gasteiger partial charge in [-0.2, -0.15) is 0 Å². The van der Waals surface area contributed by atoms with Crippen LogP contribution in [0, 0.1) is 0 Å². The summed E-state index contributed by atoms with van der Waals surface area (Å²) in [5, 5.41) is 4.55. The van der Waals surface area contributed by atoms with E-state index in [4.69, 9.17) is 9.68 Å². The van der Waals surface area contributed by atoms with Crippen molar-refractivity contribution in [1.82, 2.24) is 34.1 Å². The third-order valence-corrected chi connectivity index (χ3v) is 6.73. The van der Waals surface area contributed by atoms with Gasteiger partial charge in [-0.3, -0.25) is 9.59 Å². The summed E-state index contributed by atoms with van der Waals surface area (Å²) in [5.41, 5.74) is 2.22. The van der Waals surface area contributed by atoms with Crippen molar-refractivity contribution < 1.29 is 19.3 Å². The lowest BCUT2D eigenvalue weighted by Crippen LogP contribution is -2.33. The summed E-state index contributed by atoms with van der Waals surface area (Å²) in [7, 11) is 0. The zero-order chi connectivity index (χ0) is 31.4. The Morgan fingerprint density at radius 2 is 1.20 bits per heavy atom. The minimum atomic E-state index is -0.307. The van der Waals surface area contributed by atoms with Crippen molar-refractivity contribution >= 4 is 34.2 Å². The van der Waals surface area contributed by atoms with Gasteiger partial charge in [0.25, 0.3) is 17.8 Å². The highest BCUT2D eigenvalue weighted by molar-refractivity contribution is 7.13. The van der Waals surface area contributed by atoms with Crippen LogP contribution in [0.25, 0.3) is 0 Å². The summed E-state index contributed by atoms with van der Waals surface area (Å²) in [6.45, 7) is 4.29. The molecule has 0 aliphatic rings. The van der Waals surface area contributed by atoms with Crippen molar-refractivity contribution in [2.45, 2.75) is 26.9 Å². The van der Waals surface area contributed by atoms with Crippen LogP contribution in [0.3, 0.4) is 0 Å². The van der Waals surface area contributed by atoms with Crippen LogP contribution in [0.4, 0.5) is 11.1 Å². The Bertz CT molecular complexity index is 1750. The first-order valence-corrected chi connectivity index (χ1v) is 14.6. The number of carbonyl (C=O) groups is 2. The molecule has 0 aliphatic heterocycles. The molecular formula is C31H29N9O4S. The van der Waals surface area contributed by atoms with E-state index in [9.17, 15) is 9.59 Å². The topological polar surface area (TPSA) is 133 Å². The molecule has 0 spiro atoms. The first kappa shape index (κ1) is 30.6. The molecule has 0 radical (unpaired) electrons. The van der Waals surface area contributed by atoms with Gasteiger partial charge in [-0.1, -0.05) is 24.3 Å². The second-order valence-electron chi connectivity index (χ2n) is 9.43. The van der Waals surface area contributed by atoms with Crippen LogP contribution >= 0.6 is 11.3 Å². The Morgan fingerprint density at radius 3 is 1.62 bits per heavy atom. The van der Waals surface area contributed by atoms with Crippen LogP contribution in [0.5, 0.6) is 11.5 Å². The molecular weight excluding hydrogens is 594 g/mol. The number of aromatic nitrogens is 7. The maximum atomic E-state index is 11.7. The highest BCUT2D eigenvalue weighted by atomic mass is 32.1. The van der Waals surface area contributed by atoms with Gasteiger partial charge in [-0.05, 0) is 41.5 Å². The number of benzene rings is 2. The van der Waals surface area contributed by atoms with Crippen LogP contribution in [0.15, 0.2) is 116 Å². The molecule has 4 aromatic heterocycles. The van der Waals surface area contributed by atoms with Gasteiger partial charge >= 0.3 is 0 Å². The lowest BCUT2D eigenvalue weighted by Gasteiger charge is -2.18. The number of carbonyl (C=O) groups excluding carboxylic acids is 2. The van der Waals surface area contributed by atoms with Gasteiger partial charge in [0.15, 0.2) is 11.5 Å². The smallest absolute Gasteiger partial charge is 0.267 e. The summed E-state index contributed by atoms with van der Waals surface area (Å²) < 4.78 is 3.95. The molecule has 45 heavy (non-hydrogen) atoms. The number of imidazole rings is 2. The van der Waals surface area contributed by atoms with Crippen LogP contribution in [-0.4, -0.2) is 45.9 Å². The van der Waals surface area contributed by atoms with Crippen LogP contribution in [0.1, 0.15) is 25.0 Å². The maximum Gasteiger partial charge on any atom is 0.267 e. The molecule has 0 atom stereocenters. The van der Waals surface area contributed by atoms with E-state index in [2.05, 4.69) is 24.9 Å². The first-order chi connectivity index (χ1) is 21.9. The van der Waals surface area contributed by atoms with Gasteiger partial charge in [0.05, 0.1) is 12.7 Å². The van der Waals surface area contributed by atoms with Gasteiger partial charge < -0.3 is 18.8 Å². The summed E-state index contributed by atoms with van der Waals surface area (Å²) in [6, 6.07) is 16.7. The lowest BCUT2D eigenvalue weighted by molar-refractivity contribution is -0.121. The Morgan fingerprint density at radius 1 is 0.689 bits per heavy atom. The maximum absolute atomic E-state index is 11.7. The molecule has 0 N–H and O–H groups in total. The quantitative estimate of drug-likeness (QED) is 0.197. The Balaban J connectivity index is 0.000000178. The predicted molar refractivity (Wildman–Crippen MR) is 167 cm³/mol. The molecule has 2 aromatic carbocycles.